The van der Waals surface area contributed by atoms with Crippen LogP contribution in [0.4, 0.5) is 0 Å². The van der Waals surface area contributed by atoms with Crippen LogP contribution < -0.4 is 5.32 Å². The molecule has 1 aliphatic carbocycles. The number of rotatable bonds is 5. The van der Waals surface area contributed by atoms with Gasteiger partial charge in [-0.3, -0.25) is 0 Å². The smallest absolute Gasteiger partial charge is 0.0728 e. The van der Waals surface area contributed by atoms with E-state index in [0.717, 1.165) is 13.0 Å². The molecule has 2 rings (SSSR count). The van der Waals surface area contributed by atoms with Crippen LogP contribution in [0.3, 0.4) is 0 Å². The average Bonchev–Trinajstić information content (AvgIpc) is 2.83. The number of hydrogen-bond donors (Lipinski definition) is 1. The van der Waals surface area contributed by atoms with Crippen LogP contribution in [-0.2, 0) is 11.2 Å². The Bertz CT molecular complexity index is 286. The summed E-state index contributed by atoms with van der Waals surface area (Å²) in [6.07, 6.45) is 6.64. The maximum atomic E-state index is 6.00. The fourth-order valence-corrected chi connectivity index (χ4v) is 3.08. The highest BCUT2D eigenvalue weighted by atomic mass is 32.1. The number of hydrogen-bond acceptors (Lipinski definition) is 3. The first kappa shape index (κ1) is 12.1. The van der Waals surface area contributed by atoms with Gasteiger partial charge in [-0.1, -0.05) is 18.9 Å². The van der Waals surface area contributed by atoms with E-state index in [2.05, 4.69) is 22.8 Å². The topological polar surface area (TPSA) is 21.3 Å². The molecule has 90 valence electrons. The van der Waals surface area contributed by atoms with Gasteiger partial charge in [0.05, 0.1) is 12.7 Å². The summed E-state index contributed by atoms with van der Waals surface area (Å²) in [6, 6.07) is 4.86. The quantitative estimate of drug-likeness (QED) is 0.853. The second-order valence-corrected chi connectivity index (χ2v) is 5.45. The molecule has 2 unspecified atom stereocenters. The van der Waals surface area contributed by atoms with Crippen LogP contribution in [0, 0.1) is 0 Å². The van der Waals surface area contributed by atoms with Crippen molar-refractivity contribution in [2.45, 2.75) is 44.2 Å². The van der Waals surface area contributed by atoms with Gasteiger partial charge >= 0.3 is 0 Å². The summed E-state index contributed by atoms with van der Waals surface area (Å²) in [5.41, 5.74) is 0. The van der Waals surface area contributed by atoms with Crippen LogP contribution in [0.1, 0.15) is 30.6 Å². The molecular formula is C13H21NOS. The van der Waals surface area contributed by atoms with Crippen molar-refractivity contribution in [2.24, 2.45) is 0 Å². The Balaban J connectivity index is 1.71. The Kier molecular flexibility index (Phi) is 4.82. The molecule has 3 heteroatoms. The molecule has 0 radical (unpaired) electrons. The molecule has 0 bridgehead atoms. The predicted octanol–water partition coefficient (Wildman–Crippen LogP) is 2.84. The Labute approximate surface area is 102 Å². The molecule has 2 atom stereocenters. The summed E-state index contributed by atoms with van der Waals surface area (Å²) in [6.45, 7) is 0.864. The van der Waals surface area contributed by atoms with E-state index in [0.29, 0.717) is 12.1 Å². The van der Waals surface area contributed by atoms with Gasteiger partial charge in [-0.15, -0.1) is 11.3 Å². The summed E-state index contributed by atoms with van der Waals surface area (Å²) >= 11 is 1.82. The molecule has 1 aliphatic rings. The van der Waals surface area contributed by atoms with Crippen molar-refractivity contribution in [3.05, 3.63) is 22.4 Å². The van der Waals surface area contributed by atoms with Gasteiger partial charge in [-0.05, 0) is 31.3 Å². The zero-order valence-corrected chi connectivity index (χ0v) is 10.8. The Hall–Kier alpha value is -0.380. The molecule has 0 saturated heterocycles. The third-order valence-electron chi connectivity index (χ3n) is 3.33. The fourth-order valence-electron chi connectivity index (χ4n) is 2.39. The summed E-state index contributed by atoms with van der Waals surface area (Å²) in [4.78, 5) is 1.43. The van der Waals surface area contributed by atoms with E-state index in [1.165, 1.54) is 30.6 Å². The second-order valence-electron chi connectivity index (χ2n) is 4.42. The molecule has 0 amide bonds. The van der Waals surface area contributed by atoms with Crippen molar-refractivity contribution in [3.63, 3.8) is 0 Å². The highest BCUT2D eigenvalue weighted by Gasteiger charge is 2.23. The van der Waals surface area contributed by atoms with Crippen LogP contribution in [-0.4, -0.2) is 25.8 Å². The first-order chi connectivity index (χ1) is 7.90. The van der Waals surface area contributed by atoms with Gasteiger partial charge in [-0.2, -0.15) is 0 Å². The first-order valence-corrected chi connectivity index (χ1v) is 7.09. The largest absolute Gasteiger partial charge is 0.376 e. The van der Waals surface area contributed by atoms with Crippen LogP contribution in [0.2, 0.25) is 0 Å². The van der Waals surface area contributed by atoms with E-state index in [1.54, 1.807) is 0 Å². The molecule has 1 N–H and O–H groups in total. The minimum absolute atomic E-state index is 0.429. The number of thiophene rings is 1. The van der Waals surface area contributed by atoms with E-state index >= 15 is 0 Å². The maximum Gasteiger partial charge on any atom is 0.0728 e. The van der Waals surface area contributed by atoms with Crippen molar-refractivity contribution < 1.29 is 4.74 Å². The maximum absolute atomic E-state index is 6.00. The number of likely N-dealkylation sites (N-methyl/N-ethyl adjacent to an activating group) is 1. The molecular weight excluding hydrogens is 218 g/mol. The average molecular weight is 239 g/mol. The molecule has 2 nitrogen and oxygen atoms in total. The molecule has 1 aromatic heterocycles. The lowest BCUT2D eigenvalue weighted by Crippen LogP contribution is -2.41. The van der Waals surface area contributed by atoms with Crippen LogP contribution in [0.25, 0.3) is 0 Å². The standard InChI is InChI=1S/C13H21NOS/c1-14-12-6-2-3-7-13(12)15-9-8-11-5-4-10-16-11/h4-5,10,12-14H,2-3,6-9H2,1H3. The van der Waals surface area contributed by atoms with Crippen LogP contribution in [0.15, 0.2) is 17.5 Å². The van der Waals surface area contributed by atoms with E-state index in [9.17, 15) is 0 Å². The van der Waals surface area contributed by atoms with E-state index in [4.69, 9.17) is 4.74 Å². The highest BCUT2D eigenvalue weighted by Crippen LogP contribution is 2.21. The van der Waals surface area contributed by atoms with Gasteiger partial charge in [0.25, 0.3) is 0 Å². The lowest BCUT2D eigenvalue weighted by Gasteiger charge is -2.31. The summed E-state index contributed by atoms with van der Waals surface area (Å²) in [7, 11) is 2.05. The van der Waals surface area contributed by atoms with Gasteiger partial charge in [0.2, 0.25) is 0 Å². The Morgan fingerprint density at radius 1 is 1.44 bits per heavy atom. The number of nitrogens with one attached hydrogen (secondary N) is 1. The lowest BCUT2D eigenvalue weighted by atomic mass is 9.92. The van der Waals surface area contributed by atoms with Crippen LogP contribution in [0.5, 0.6) is 0 Å². The van der Waals surface area contributed by atoms with E-state index in [-0.39, 0.29) is 0 Å². The van der Waals surface area contributed by atoms with Gasteiger partial charge in [0.1, 0.15) is 0 Å². The molecule has 1 saturated carbocycles. The Morgan fingerprint density at radius 2 is 2.31 bits per heavy atom. The van der Waals surface area contributed by atoms with Gasteiger partial charge < -0.3 is 10.1 Å². The lowest BCUT2D eigenvalue weighted by molar-refractivity contribution is 0.00900. The summed E-state index contributed by atoms with van der Waals surface area (Å²) < 4.78 is 6.00. The monoisotopic (exact) mass is 239 g/mol. The normalized spacial score (nSPS) is 25.8. The summed E-state index contributed by atoms with van der Waals surface area (Å²) in [5, 5.41) is 5.51. The molecule has 0 aliphatic heterocycles. The third-order valence-corrected chi connectivity index (χ3v) is 4.27. The first-order valence-electron chi connectivity index (χ1n) is 6.21. The van der Waals surface area contributed by atoms with Gasteiger partial charge in [0, 0.05) is 17.3 Å². The minimum atomic E-state index is 0.429. The predicted molar refractivity (Wildman–Crippen MR) is 69.1 cm³/mol. The van der Waals surface area contributed by atoms with Crippen molar-refractivity contribution in [1.82, 2.24) is 5.32 Å². The minimum Gasteiger partial charge on any atom is -0.376 e. The van der Waals surface area contributed by atoms with E-state index in [1.807, 2.05) is 18.4 Å². The molecule has 1 fully saturated rings. The molecule has 1 heterocycles. The third kappa shape index (κ3) is 3.30. The van der Waals surface area contributed by atoms with Crippen molar-refractivity contribution in [1.29, 1.82) is 0 Å². The summed E-state index contributed by atoms with van der Waals surface area (Å²) in [5.74, 6) is 0. The van der Waals surface area contributed by atoms with Gasteiger partial charge in [0.15, 0.2) is 0 Å². The van der Waals surface area contributed by atoms with Crippen molar-refractivity contribution >= 4 is 11.3 Å². The molecule has 16 heavy (non-hydrogen) atoms. The molecule has 0 spiro atoms. The Morgan fingerprint density at radius 3 is 3.06 bits per heavy atom. The zero-order valence-electron chi connectivity index (χ0n) is 9.95. The second kappa shape index (κ2) is 6.38. The van der Waals surface area contributed by atoms with Crippen molar-refractivity contribution in [2.75, 3.05) is 13.7 Å². The number of ether oxygens (including phenoxy) is 1. The van der Waals surface area contributed by atoms with Crippen molar-refractivity contribution in [3.8, 4) is 0 Å². The highest BCUT2D eigenvalue weighted by molar-refractivity contribution is 7.09. The molecule has 0 aromatic carbocycles. The zero-order chi connectivity index (χ0) is 11.2. The SMILES string of the molecule is CNC1CCCCC1OCCc1cccs1. The van der Waals surface area contributed by atoms with Gasteiger partial charge in [-0.25, -0.2) is 0 Å². The fraction of sp³-hybridized carbons (Fsp3) is 0.692. The van der Waals surface area contributed by atoms with Crippen LogP contribution >= 0.6 is 11.3 Å². The molecule has 1 aromatic rings. The van der Waals surface area contributed by atoms with E-state index < -0.39 is 0 Å².